The van der Waals surface area contributed by atoms with Gasteiger partial charge in [-0.1, -0.05) is 0 Å². The molecule has 5 rings (SSSR count). The third-order valence-corrected chi connectivity index (χ3v) is 8.45. The number of hydrogen-bond donors (Lipinski definition) is 6. The first-order valence-electron chi connectivity index (χ1n) is 13.3. The largest absolute Gasteiger partial charge is 0.506 e. The molecule has 240 valence electrons. The molecule has 47 heavy (non-hydrogen) atoms. The van der Waals surface area contributed by atoms with Gasteiger partial charge in [-0.15, -0.1) is 10.2 Å². The Kier molecular flexibility index (Phi) is 8.73. The number of anilines is 2. The zero-order valence-electron chi connectivity index (χ0n) is 24.1. The summed E-state index contributed by atoms with van der Waals surface area (Å²) in [6.07, 6.45) is 0. The lowest BCUT2D eigenvalue weighted by molar-refractivity contribution is 0.102. The van der Waals surface area contributed by atoms with Gasteiger partial charge in [-0.2, -0.15) is 27.1 Å². The summed E-state index contributed by atoms with van der Waals surface area (Å²) in [5.41, 5.74) is 6.87. The minimum atomic E-state index is -4.95. The van der Waals surface area contributed by atoms with Gasteiger partial charge >= 0.3 is 0 Å². The fourth-order valence-corrected chi connectivity index (χ4v) is 5.46. The maximum Gasteiger partial charge on any atom is 0.296 e. The van der Waals surface area contributed by atoms with E-state index in [0.717, 1.165) is 18.2 Å². The van der Waals surface area contributed by atoms with Crippen molar-refractivity contribution in [3.05, 3.63) is 96.1 Å². The molecule has 1 amide bonds. The third-order valence-electron chi connectivity index (χ3n) is 6.72. The van der Waals surface area contributed by atoms with Crippen molar-refractivity contribution in [3.63, 3.8) is 0 Å². The molecule has 0 heterocycles. The topological polar surface area (TPSA) is 254 Å². The van der Waals surface area contributed by atoms with Gasteiger partial charge in [-0.3, -0.25) is 13.9 Å². The number of amides is 1. The van der Waals surface area contributed by atoms with Gasteiger partial charge in [0.15, 0.2) is 5.75 Å². The Morgan fingerprint density at radius 3 is 2.04 bits per heavy atom. The number of nitrogens with zero attached hydrogens (tertiary/aromatic N) is 4. The molecule has 15 nitrogen and oxygen atoms in total. The van der Waals surface area contributed by atoms with Crippen molar-refractivity contribution in [1.29, 1.82) is 0 Å². The maximum absolute atomic E-state index is 12.6. The highest BCUT2D eigenvalue weighted by Crippen LogP contribution is 2.43. The van der Waals surface area contributed by atoms with E-state index in [1.54, 1.807) is 19.1 Å². The van der Waals surface area contributed by atoms with E-state index in [-0.39, 0.29) is 38.4 Å². The van der Waals surface area contributed by atoms with Gasteiger partial charge in [0.1, 0.15) is 22.0 Å². The minimum Gasteiger partial charge on any atom is -0.506 e. The Balaban J connectivity index is 1.44. The normalized spacial score (nSPS) is 12.2. The van der Waals surface area contributed by atoms with Crippen LogP contribution < -0.4 is 11.1 Å². The minimum absolute atomic E-state index is 0.123. The van der Waals surface area contributed by atoms with E-state index in [9.17, 15) is 36.4 Å². The lowest BCUT2D eigenvalue weighted by Crippen LogP contribution is -2.11. The van der Waals surface area contributed by atoms with Gasteiger partial charge in [0, 0.05) is 28.4 Å². The highest BCUT2D eigenvalue weighted by atomic mass is 32.2. The Labute approximate surface area is 267 Å². The summed E-state index contributed by atoms with van der Waals surface area (Å²) < 4.78 is 66.1. The molecule has 0 saturated carbocycles. The molecule has 0 radical (unpaired) electrons. The van der Waals surface area contributed by atoms with Crippen LogP contribution >= 0.6 is 0 Å². The zero-order valence-corrected chi connectivity index (χ0v) is 25.7. The van der Waals surface area contributed by atoms with Crippen molar-refractivity contribution in [3.8, 4) is 11.5 Å². The van der Waals surface area contributed by atoms with E-state index in [2.05, 4.69) is 25.8 Å². The molecule has 0 bridgehead atoms. The van der Waals surface area contributed by atoms with E-state index >= 15 is 0 Å². The number of nitrogens with one attached hydrogen (secondary N) is 1. The zero-order chi connectivity index (χ0) is 34.1. The number of phenolic OH excluding ortho intramolecular Hbond substituents is 2. The molecule has 0 unspecified atom stereocenters. The maximum atomic E-state index is 12.6. The van der Waals surface area contributed by atoms with Crippen molar-refractivity contribution < 1.29 is 40.9 Å². The second kappa shape index (κ2) is 12.6. The number of carbonyl (C=O) groups excluding carboxylic acids is 1. The first-order chi connectivity index (χ1) is 22.1. The Morgan fingerprint density at radius 1 is 0.745 bits per heavy atom. The molecular weight excluding hydrogens is 652 g/mol. The van der Waals surface area contributed by atoms with Crippen LogP contribution in [0.25, 0.3) is 10.8 Å². The number of rotatable bonds is 8. The van der Waals surface area contributed by atoms with Crippen molar-refractivity contribution in [2.24, 2.45) is 20.5 Å². The molecule has 5 aromatic rings. The van der Waals surface area contributed by atoms with Crippen molar-refractivity contribution in [2.75, 3.05) is 11.1 Å². The van der Waals surface area contributed by atoms with Gasteiger partial charge in [0.25, 0.3) is 26.1 Å². The Hall–Kier alpha value is -5.75. The van der Waals surface area contributed by atoms with Crippen LogP contribution in [0, 0.1) is 6.92 Å². The van der Waals surface area contributed by atoms with E-state index in [4.69, 9.17) is 10.3 Å². The SMILES string of the molecule is Cc1cc(N=Nc2c(S(=O)(=O)O)cc3cc(NC(=O)c4ccc(N)cc4)ccc3c2O)c(O)cc1N=Nc1ccc(S(=O)(=O)O)cc1. The van der Waals surface area contributed by atoms with Crippen LogP contribution in [0.5, 0.6) is 11.5 Å². The van der Waals surface area contributed by atoms with Crippen LogP contribution in [0.3, 0.4) is 0 Å². The molecule has 0 saturated heterocycles. The van der Waals surface area contributed by atoms with Gasteiger partial charge < -0.3 is 21.3 Å². The molecule has 17 heteroatoms. The fraction of sp³-hybridized carbons (Fsp3) is 0.0333. The van der Waals surface area contributed by atoms with Gasteiger partial charge in [-0.05, 0) is 96.7 Å². The van der Waals surface area contributed by atoms with Crippen LogP contribution in [-0.4, -0.2) is 42.1 Å². The monoisotopic (exact) mass is 676 g/mol. The smallest absolute Gasteiger partial charge is 0.296 e. The molecule has 0 aliphatic rings. The van der Waals surface area contributed by atoms with Crippen LogP contribution in [0.1, 0.15) is 15.9 Å². The summed E-state index contributed by atoms with van der Waals surface area (Å²) in [6.45, 7) is 1.61. The Bertz CT molecular complexity index is 2330. The number of carbonyl (C=O) groups is 1. The van der Waals surface area contributed by atoms with Crippen molar-refractivity contribution in [2.45, 2.75) is 16.7 Å². The van der Waals surface area contributed by atoms with E-state index < -0.39 is 48.2 Å². The van der Waals surface area contributed by atoms with E-state index in [1.807, 2.05) is 0 Å². The number of nitrogen functional groups attached to an aromatic ring is 1. The third kappa shape index (κ3) is 7.39. The van der Waals surface area contributed by atoms with Gasteiger partial charge in [0.2, 0.25) is 0 Å². The molecule has 7 N–H and O–H groups in total. The number of aryl methyl sites for hydroxylation is 1. The summed E-state index contributed by atoms with van der Waals surface area (Å²) in [4.78, 5) is 11.5. The first kappa shape index (κ1) is 32.6. The van der Waals surface area contributed by atoms with Crippen molar-refractivity contribution in [1.82, 2.24) is 0 Å². The average Bonchev–Trinajstić information content (AvgIpc) is 3.00. The number of azo groups is 2. The number of benzene rings is 5. The van der Waals surface area contributed by atoms with Crippen LogP contribution in [0.2, 0.25) is 0 Å². The lowest BCUT2D eigenvalue weighted by atomic mass is 10.1. The van der Waals surface area contributed by atoms with Crippen LogP contribution in [0.15, 0.2) is 115 Å². The molecule has 0 aliphatic carbocycles. The Morgan fingerprint density at radius 2 is 1.40 bits per heavy atom. The summed E-state index contributed by atoms with van der Waals surface area (Å²) in [6, 6.07) is 18.9. The van der Waals surface area contributed by atoms with E-state index in [1.165, 1.54) is 54.6 Å². The summed E-state index contributed by atoms with van der Waals surface area (Å²) in [5.74, 6) is -1.55. The molecule has 0 spiro atoms. The predicted octanol–water partition coefficient (Wildman–Crippen LogP) is 6.72. The summed E-state index contributed by atoms with van der Waals surface area (Å²) in [5, 5.41) is 40.2. The number of hydrogen-bond acceptors (Lipinski definition) is 12. The first-order valence-corrected chi connectivity index (χ1v) is 16.2. The lowest BCUT2D eigenvalue weighted by Gasteiger charge is -2.11. The number of aromatic hydroxyl groups is 2. The molecule has 0 aromatic heterocycles. The van der Waals surface area contributed by atoms with Crippen LogP contribution in [-0.2, 0) is 20.2 Å². The molecular formula is C30H24N6O9S2. The second-order valence-corrected chi connectivity index (χ2v) is 12.9. The second-order valence-electron chi connectivity index (χ2n) is 10.1. The van der Waals surface area contributed by atoms with Gasteiger partial charge in [0.05, 0.1) is 16.3 Å². The quantitative estimate of drug-likeness (QED) is 0.0574. The molecule has 0 fully saturated rings. The molecule has 0 atom stereocenters. The highest BCUT2D eigenvalue weighted by molar-refractivity contribution is 7.86. The van der Waals surface area contributed by atoms with E-state index in [0.29, 0.717) is 16.8 Å². The molecule has 5 aromatic carbocycles. The predicted molar refractivity (Wildman–Crippen MR) is 172 cm³/mol. The number of fused-ring (bicyclic) bond motifs is 1. The van der Waals surface area contributed by atoms with Crippen LogP contribution in [0.4, 0.5) is 34.1 Å². The fourth-order valence-electron chi connectivity index (χ4n) is 4.32. The standard InChI is InChI=1S/C30H24N6O9S2/c1-16-12-25(26(37)15-24(16)34-33-20-6-9-22(10-7-20)46(40,41)42)35-36-28-27(47(43,44)45)14-18-13-21(8-11-23(18)29(28)38)32-30(39)17-2-4-19(31)5-3-17/h2-15,37-38H,31H2,1H3,(H,32,39)(H,40,41,42)(H,43,44,45). The molecule has 0 aliphatic heterocycles. The summed E-state index contributed by atoms with van der Waals surface area (Å²) >= 11 is 0. The summed E-state index contributed by atoms with van der Waals surface area (Å²) in [7, 11) is -9.33. The highest BCUT2D eigenvalue weighted by Gasteiger charge is 2.23. The average molecular weight is 677 g/mol. The number of nitrogens with two attached hydrogens (primary N) is 1. The van der Waals surface area contributed by atoms with Crippen molar-refractivity contribution >= 4 is 71.0 Å². The number of phenols is 2. The van der Waals surface area contributed by atoms with Gasteiger partial charge in [-0.25, -0.2) is 0 Å².